The van der Waals surface area contributed by atoms with Crippen molar-refractivity contribution in [2.75, 3.05) is 13.1 Å². The number of fused-ring (bicyclic) bond motifs is 2. The maximum atomic E-state index is 10.8. The lowest BCUT2D eigenvalue weighted by atomic mass is 9.85. The first-order chi connectivity index (χ1) is 15.1. The standard InChI is InChI=1S/C26H33N3O2/c1-16-10-11-19-20(26(16)30)13-24(31-25(19)14-27)23-9-5-6-12-29(23)17(2)21-15-28-22-8-4-3-7-18(21)22/h3-4,7-8,10-11,15,17,23-25,28,30H,5-6,9,12-14,27H2,1-2H3/t17?,23?,24-,25-/m0/s1. The number of likely N-dealkylation sites (tertiary alicyclic amines) is 1. The van der Waals surface area contributed by atoms with Crippen molar-refractivity contribution in [3.8, 4) is 5.75 Å². The summed E-state index contributed by atoms with van der Waals surface area (Å²) in [4.78, 5) is 6.06. The molecule has 2 aliphatic heterocycles. The number of aromatic hydroxyl groups is 1. The molecule has 0 saturated carbocycles. The van der Waals surface area contributed by atoms with E-state index in [9.17, 15) is 5.11 Å². The summed E-state index contributed by atoms with van der Waals surface area (Å²) in [5.41, 5.74) is 11.6. The van der Waals surface area contributed by atoms with Gasteiger partial charge in [0.1, 0.15) is 5.75 Å². The van der Waals surface area contributed by atoms with E-state index in [1.807, 2.05) is 13.0 Å². The highest BCUT2D eigenvalue weighted by Gasteiger charge is 2.39. The molecule has 5 heteroatoms. The molecule has 0 radical (unpaired) electrons. The Hall–Kier alpha value is -2.34. The number of aryl methyl sites for hydroxylation is 1. The molecule has 4 atom stereocenters. The van der Waals surface area contributed by atoms with Crippen LogP contribution in [0.3, 0.4) is 0 Å². The van der Waals surface area contributed by atoms with Crippen LogP contribution >= 0.6 is 0 Å². The summed E-state index contributed by atoms with van der Waals surface area (Å²) < 4.78 is 6.60. The molecule has 0 bridgehead atoms. The van der Waals surface area contributed by atoms with Crippen LogP contribution in [-0.2, 0) is 11.2 Å². The molecule has 5 rings (SSSR count). The lowest BCUT2D eigenvalue weighted by molar-refractivity contribution is -0.0841. The average Bonchev–Trinajstić information content (AvgIpc) is 3.24. The Morgan fingerprint density at radius 3 is 2.90 bits per heavy atom. The van der Waals surface area contributed by atoms with E-state index in [1.165, 1.54) is 29.3 Å². The molecule has 164 valence electrons. The number of benzene rings is 2. The monoisotopic (exact) mass is 419 g/mol. The third kappa shape index (κ3) is 3.55. The number of aromatic nitrogens is 1. The van der Waals surface area contributed by atoms with Crippen molar-refractivity contribution in [2.45, 2.75) is 63.8 Å². The predicted molar refractivity (Wildman–Crippen MR) is 124 cm³/mol. The number of hydrogen-bond acceptors (Lipinski definition) is 4. The van der Waals surface area contributed by atoms with E-state index in [0.29, 0.717) is 18.3 Å². The average molecular weight is 420 g/mol. The minimum Gasteiger partial charge on any atom is -0.507 e. The molecule has 3 heterocycles. The van der Waals surface area contributed by atoms with Crippen molar-refractivity contribution in [3.05, 3.63) is 64.8 Å². The van der Waals surface area contributed by atoms with Gasteiger partial charge in [-0.25, -0.2) is 0 Å². The molecule has 0 spiro atoms. The minimum atomic E-state index is -0.160. The summed E-state index contributed by atoms with van der Waals surface area (Å²) >= 11 is 0. The molecule has 2 unspecified atom stereocenters. The van der Waals surface area contributed by atoms with Crippen LogP contribution in [0, 0.1) is 6.92 Å². The van der Waals surface area contributed by atoms with Crippen molar-refractivity contribution in [2.24, 2.45) is 5.73 Å². The fourth-order valence-corrected chi connectivity index (χ4v) is 5.71. The van der Waals surface area contributed by atoms with Crippen LogP contribution in [0.2, 0.25) is 0 Å². The second-order valence-electron chi connectivity index (χ2n) is 9.17. The van der Waals surface area contributed by atoms with Crippen LogP contribution in [0.15, 0.2) is 42.6 Å². The van der Waals surface area contributed by atoms with Crippen LogP contribution in [0.4, 0.5) is 0 Å². The summed E-state index contributed by atoms with van der Waals surface area (Å²) in [7, 11) is 0. The first-order valence-corrected chi connectivity index (χ1v) is 11.6. The lowest BCUT2D eigenvalue weighted by Crippen LogP contribution is -2.51. The van der Waals surface area contributed by atoms with Gasteiger partial charge in [-0.3, -0.25) is 4.90 Å². The van der Waals surface area contributed by atoms with Gasteiger partial charge in [-0.1, -0.05) is 36.8 Å². The second kappa shape index (κ2) is 8.30. The fourth-order valence-electron chi connectivity index (χ4n) is 5.71. The van der Waals surface area contributed by atoms with Crippen LogP contribution in [-0.4, -0.2) is 40.2 Å². The van der Waals surface area contributed by atoms with Gasteiger partial charge < -0.3 is 20.6 Å². The zero-order valence-electron chi connectivity index (χ0n) is 18.5. The molecule has 5 nitrogen and oxygen atoms in total. The van der Waals surface area contributed by atoms with E-state index in [1.54, 1.807) is 0 Å². The SMILES string of the molecule is Cc1ccc2c(c1O)C[C@@H](C1CCCCN1C(C)c1c[nH]c3ccccc13)O[C@H]2CN. The third-order valence-electron chi connectivity index (χ3n) is 7.42. The molecular weight excluding hydrogens is 386 g/mol. The van der Waals surface area contributed by atoms with Crippen molar-refractivity contribution in [1.82, 2.24) is 9.88 Å². The summed E-state index contributed by atoms with van der Waals surface area (Å²) in [5, 5.41) is 12.1. The number of rotatable bonds is 4. The summed E-state index contributed by atoms with van der Waals surface area (Å²) in [6, 6.07) is 13.2. The summed E-state index contributed by atoms with van der Waals surface area (Å²) in [6.45, 7) is 5.76. The number of aromatic amines is 1. The molecule has 2 aliphatic rings. The van der Waals surface area contributed by atoms with E-state index in [0.717, 1.165) is 36.1 Å². The first-order valence-electron chi connectivity index (χ1n) is 11.6. The second-order valence-corrected chi connectivity index (χ2v) is 9.17. The maximum Gasteiger partial charge on any atom is 0.122 e. The highest BCUT2D eigenvalue weighted by Crippen LogP contribution is 2.41. The van der Waals surface area contributed by atoms with Gasteiger partial charge in [0.05, 0.1) is 12.2 Å². The first kappa shape index (κ1) is 20.6. The van der Waals surface area contributed by atoms with Crippen LogP contribution in [0.5, 0.6) is 5.75 Å². The number of phenolic OH excluding ortho intramolecular Hbond substituents is 1. The van der Waals surface area contributed by atoms with Crippen molar-refractivity contribution >= 4 is 10.9 Å². The Morgan fingerprint density at radius 1 is 1.23 bits per heavy atom. The molecule has 2 aromatic carbocycles. The number of ether oxygens (including phenoxy) is 1. The highest BCUT2D eigenvalue weighted by molar-refractivity contribution is 5.83. The maximum absolute atomic E-state index is 10.8. The molecule has 4 N–H and O–H groups in total. The Balaban J connectivity index is 1.47. The van der Waals surface area contributed by atoms with Crippen molar-refractivity contribution in [3.63, 3.8) is 0 Å². The quantitative estimate of drug-likeness (QED) is 0.571. The molecule has 0 amide bonds. The smallest absolute Gasteiger partial charge is 0.122 e. The van der Waals surface area contributed by atoms with Gasteiger partial charge in [0.15, 0.2) is 0 Å². The van der Waals surface area contributed by atoms with Gasteiger partial charge >= 0.3 is 0 Å². The van der Waals surface area contributed by atoms with E-state index < -0.39 is 0 Å². The molecule has 31 heavy (non-hydrogen) atoms. The summed E-state index contributed by atoms with van der Waals surface area (Å²) in [6.07, 6.45) is 6.29. The number of H-pyrrole nitrogens is 1. The number of piperidine rings is 1. The van der Waals surface area contributed by atoms with Crippen LogP contribution in [0.25, 0.3) is 10.9 Å². The number of nitrogens with zero attached hydrogens (tertiary/aromatic N) is 1. The van der Waals surface area contributed by atoms with Gasteiger partial charge in [0, 0.05) is 47.7 Å². The van der Waals surface area contributed by atoms with Crippen LogP contribution in [0.1, 0.15) is 60.6 Å². The molecule has 3 aromatic rings. The Morgan fingerprint density at radius 2 is 2.06 bits per heavy atom. The zero-order chi connectivity index (χ0) is 21.5. The molecule has 1 aromatic heterocycles. The molecule has 0 aliphatic carbocycles. The zero-order valence-corrected chi connectivity index (χ0v) is 18.5. The molecular formula is C26H33N3O2. The number of para-hydroxylation sites is 1. The van der Waals surface area contributed by atoms with E-state index in [4.69, 9.17) is 10.5 Å². The fraction of sp³-hybridized carbons (Fsp3) is 0.462. The van der Waals surface area contributed by atoms with E-state index >= 15 is 0 Å². The predicted octanol–water partition coefficient (Wildman–Crippen LogP) is 4.74. The van der Waals surface area contributed by atoms with Crippen molar-refractivity contribution in [1.29, 1.82) is 0 Å². The number of hydrogen-bond donors (Lipinski definition) is 3. The Labute approximate surface area is 184 Å². The van der Waals surface area contributed by atoms with Crippen LogP contribution < -0.4 is 5.73 Å². The Bertz CT molecular complexity index is 1080. The minimum absolute atomic E-state index is 0.0294. The van der Waals surface area contributed by atoms with Gasteiger partial charge in [0.25, 0.3) is 0 Å². The van der Waals surface area contributed by atoms with Gasteiger partial charge in [-0.2, -0.15) is 0 Å². The van der Waals surface area contributed by atoms with Gasteiger partial charge in [-0.15, -0.1) is 0 Å². The molecule has 1 saturated heterocycles. The lowest BCUT2D eigenvalue weighted by Gasteiger charge is -2.46. The summed E-state index contributed by atoms with van der Waals surface area (Å²) in [5.74, 6) is 0.413. The normalized spacial score (nSPS) is 25.5. The number of phenols is 1. The van der Waals surface area contributed by atoms with E-state index in [-0.39, 0.29) is 18.2 Å². The van der Waals surface area contributed by atoms with Gasteiger partial charge in [-0.05, 0) is 56.0 Å². The molecule has 1 fully saturated rings. The largest absolute Gasteiger partial charge is 0.507 e. The van der Waals surface area contributed by atoms with Crippen molar-refractivity contribution < 1.29 is 9.84 Å². The Kier molecular flexibility index (Phi) is 5.51. The number of nitrogens with one attached hydrogen (secondary N) is 1. The van der Waals surface area contributed by atoms with Gasteiger partial charge in [0.2, 0.25) is 0 Å². The third-order valence-corrected chi connectivity index (χ3v) is 7.42. The topological polar surface area (TPSA) is 74.5 Å². The van der Waals surface area contributed by atoms with E-state index in [2.05, 4.69) is 53.3 Å². The highest BCUT2D eigenvalue weighted by atomic mass is 16.5. The number of nitrogens with two attached hydrogens (primary N) is 1.